The minimum atomic E-state index is -0.232. The summed E-state index contributed by atoms with van der Waals surface area (Å²) in [5.41, 5.74) is 5.06. The Hall–Kier alpha value is -3.19. The molecule has 2 aromatic heterocycles. The number of hydrogen-bond acceptors (Lipinski definition) is 4. The van der Waals surface area contributed by atoms with Crippen molar-refractivity contribution in [3.63, 3.8) is 0 Å². The van der Waals surface area contributed by atoms with E-state index >= 15 is 0 Å². The zero-order chi connectivity index (χ0) is 23.3. The van der Waals surface area contributed by atoms with Crippen LogP contribution >= 0.6 is 0 Å². The first-order valence-corrected chi connectivity index (χ1v) is 12.5. The van der Waals surface area contributed by atoms with Gasteiger partial charge in [0.25, 0.3) is 11.8 Å². The molecule has 0 unspecified atom stereocenters. The highest BCUT2D eigenvalue weighted by Crippen LogP contribution is 2.44. The number of piperidine rings is 1. The first-order valence-electron chi connectivity index (χ1n) is 12.5. The van der Waals surface area contributed by atoms with Crippen molar-refractivity contribution in [2.75, 3.05) is 20.1 Å². The monoisotopic (exact) mass is 457 g/mol. The smallest absolute Gasteiger partial charge is 0.253 e. The predicted molar refractivity (Wildman–Crippen MR) is 132 cm³/mol. The van der Waals surface area contributed by atoms with Gasteiger partial charge in [0.05, 0.1) is 11.1 Å². The van der Waals surface area contributed by atoms with Crippen LogP contribution in [0.5, 0.6) is 0 Å². The van der Waals surface area contributed by atoms with Crippen molar-refractivity contribution in [2.24, 2.45) is 0 Å². The van der Waals surface area contributed by atoms with E-state index in [4.69, 9.17) is 0 Å². The third-order valence-corrected chi connectivity index (χ3v) is 8.00. The third kappa shape index (κ3) is 3.59. The van der Waals surface area contributed by atoms with Crippen LogP contribution in [0.4, 0.5) is 0 Å². The van der Waals surface area contributed by atoms with Crippen molar-refractivity contribution >= 4 is 22.8 Å². The molecule has 3 aliphatic rings. The molecule has 3 aromatic rings. The van der Waals surface area contributed by atoms with Crippen LogP contribution in [0.1, 0.15) is 71.2 Å². The van der Waals surface area contributed by atoms with Crippen LogP contribution in [0.3, 0.4) is 0 Å². The van der Waals surface area contributed by atoms with E-state index in [-0.39, 0.29) is 23.4 Å². The van der Waals surface area contributed by atoms with Gasteiger partial charge < -0.3 is 20.5 Å². The summed E-state index contributed by atoms with van der Waals surface area (Å²) >= 11 is 0. The topological polar surface area (TPSA) is 90.1 Å². The Morgan fingerprint density at radius 1 is 1.12 bits per heavy atom. The van der Waals surface area contributed by atoms with Crippen molar-refractivity contribution in [2.45, 2.75) is 56.5 Å². The summed E-state index contributed by atoms with van der Waals surface area (Å²) in [5, 5.41) is 7.40. The Kier molecular flexibility index (Phi) is 5.17. The molecule has 34 heavy (non-hydrogen) atoms. The average Bonchev–Trinajstić information content (AvgIpc) is 3.39. The van der Waals surface area contributed by atoms with Gasteiger partial charge in [0.1, 0.15) is 5.65 Å². The highest BCUT2D eigenvalue weighted by molar-refractivity contribution is 6.03. The number of nitrogens with zero attached hydrogens (tertiary/aromatic N) is 2. The maximum absolute atomic E-state index is 13.0. The van der Waals surface area contributed by atoms with Gasteiger partial charge in [-0.25, -0.2) is 4.98 Å². The molecule has 4 heterocycles. The van der Waals surface area contributed by atoms with Gasteiger partial charge >= 0.3 is 0 Å². The number of H-pyrrole nitrogens is 1. The Labute approximate surface area is 199 Å². The predicted octanol–water partition coefficient (Wildman–Crippen LogP) is 3.96. The van der Waals surface area contributed by atoms with E-state index in [1.807, 2.05) is 24.4 Å². The van der Waals surface area contributed by atoms with E-state index in [1.165, 1.54) is 6.42 Å². The van der Waals surface area contributed by atoms with Crippen molar-refractivity contribution in [1.29, 1.82) is 0 Å². The fourth-order valence-electron chi connectivity index (χ4n) is 6.00. The minimum absolute atomic E-state index is 0.0388. The summed E-state index contributed by atoms with van der Waals surface area (Å²) in [4.78, 5) is 35.7. The molecule has 2 aliphatic heterocycles. The molecule has 2 amide bonds. The molecule has 2 fully saturated rings. The summed E-state index contributed by atoms with van der Waals surface area (Å²) in [7, 11) is 2.12. The number of aromatic nitrogens is 2. The highest BCUT2D eigenvalue weighted by Gasteiger charge is 2.43. The second kappa shape index (κ2) is 8.24. The lowest BCUT2D eigenvalue weighted by atomic mass is 9.77. The van der Waals surface area contributed by atoms with Crippen LogP contribution in [0, 0.1) is 0 Å². The summed E-state index contributed by atoms with van der Waals surface area (Å²) in [6.45, 7) is 2.00. The number of fused-ring (bicyclic) bond motifs is 3. The van der Waals surface area contributed by atoms with E-state index in [1.54, 1.807) is 6.20 Å². The zero-order valence-corrected chi connectivity index (χ0v) is 19.6. The lowest BCUT2D eigenvalue weighted by molar-refractivity contribution is 0.0903. The second-order valence-corrected chi connectivity index (χ2v) is 10.2. The van der Waals surface area contributed by atoms with Crippen LogP contribution in [0.2, 0.25) is 0 Å². The quantitative estimate of drug-likeness (QED) is 0.555. The Bertz CT molecular complexity index is 1270. The lowest BCUT2D eigenvalue weighted by Crippen LogP contribution is -2.43. The van der Waals surface area contributed by atoms with Crippen LogP contribution in [0.25, 0.3) is 22.2 Å². The molecule has 7 heteroatoms. The molecule has 1 aliphatic carbocycles. The van der Waals surface area contributed by atoms with Gasteiger partial charge in [0.15, 0.2) is 0 Å². The SMILES string of the molecule is CN1CCC(NC(=O)c2cnc3[nH]cc(-c4ccc5c(c4)C4(CCCCC4)NC5=O)c3c2)CC1. The number of benzene rings is 1. The molecule has 3 N–H and O–H groups in total. The number of hydrogen-bond donors (Lipinski definition) is 3. The van der Waals surface area contributed by atoms with Gasteiger partial charge in [-0.2, -0.15) is 0 Å². The molecule has 1 aromatic carbocycles. The summed E-state index contributed by atoms with van der Waals surface area (Å²) in [6, 6.07) is 8.27. The molecule has 1 saturated carbocycles. The molecule has 0 atom stereocenters. The van der Waals surface area contributed by atoms with Crippen LogP contribution in [-0.4, -0.2) is 52.9 Å². The third-order valence-electron chi connectivity index (χ3n) is 8.00. The van der Waals surface area contributed by atoms with Gasteiger partial charge in [-0.1, -0.05) is 25.3 Å². The second-order valence-electron chi connectivity index (χ2n) is 10.2. The first kappa shape index (κ1) is 21.4. The van der Waals surface area contributed by atoms with E-state index in [9.17, 15) is 9.59 Å². The number of carbonyl (C=O) groups is 2. The lowest BCUT2D eigenvalue weighted by Gasteiger charge is -2.34. The summed E-state index contributed by atoms with van der Waals surface area (Å²) in [5.74, 6) is -0.0297. The fourth-order valence-corrected chi connectivity index (χ4v) is 6.00. The van der Waals surface area contributed by atoms with E-state index < -0.39 is 0 Å². The molecule has 6 rings (SSSR count). The number of rotatable bonds is 3. The maximum Gasteiger partial charge on any atom is 0.253 e. The number of aromatic amines is 1. The first-order chi connectivity index (χ1) is 16.5. The highest BCUT2D eigenvalue weighted by atomic mass is 16.2. The molecule has 1 spiro atoms. The number of carbonyl (C=O) groups excluding carboxylic acids is 2. The molecule has 0 bridgehead atoms. The van der Waals surface area contributed by atoms with Crippen LogP contribution in [0.15, 0.2) is 36.7 Å². The standard InChI is InChI=1S/C27H31N5O2/c1-32-11-7-19(8-12-32)30-25(33)18-13-21-22(16-29-24(21)28-15-18)17-5-6-20-23(14-17)27(31-26(20)34)9-3-2-4-10-27/h5-6,13-16,19H,2-4,7-12H2,1H3,(H,28,29)(H,30,33)(H,31,34). The Morgan fingerprint density at radius 2 is 1.91 bits per heavy atom. The van der Waals surface area contributed by atoms with Crippen molar-refractivity contribution < 1.29 is 9.59 Å². The minimum Gasteiger partial charge on any atom is -0.349 e. The number of nitrogens with one attached hydrogen (secondary N) is 3. The average molecular weight is 458 g/mol. The van der Waals surface area contributed by atoms with Gasteiger partial charge in [-0.15, -0.1) is 0 Å². The fraction of sp³-hybridized carbons (Fsp3) is 0.444. The maximum atomic E-state index is 13.0. The molecule has 7 nitrogen and oxygen atoms in total. The Balaban J connectivity index is 1.32. The summed E-state index contributed by atoms with van der Waals surface area (Å²) in [6.07, 6.45) is 11.0. The zero-order valence-electron chi connectivity index (χ0n) is 19.6. The van der Waals surface area contributed by atoms with E-state index in [0.29, 0.717) is 5.56 Å². The normalized spacial score (nSPS) is 20.4. The Morgan fingerprint density at radius 3 is 2.71 bits per heavy atom. The number of amides is 2. The van der Waals surface area contributed by atoms with Crippen molar-refractivity contribution in [1.82, 2.24) is 25.5 Å². The molecule has 1 saturated heterocycles. The van der Waals surface area contributed by atoms with E-state index in [0.717, 1.165) is 84.9 Å². The van der Waals surface area contributed by atoms with Crippen molar-refractivity contribution in [3.8, 4) is 11.1 Å². The molecule has 176 valence electrons. The summed E-state index contributed by atoms with van der Waals surface area (Å²) < 4.78 is 0. The van der Waals surface area contributed by atoms with Gasteiger partial charge in [-0.05, 0) is 75.1 Å². The molecular formula is C27H31N5O2. The largest absolute Gasteiger partial charge is 0.349 e. The number of pyridine rings is 1. The van der Waals surface area contributed by atoms with Crippen LogP contribution in [-0.2, 0) is 5.54 Å². The molecule has 0 radical (unpaired) electrons. The van der Waals surface area contributed by atoms with E-state index in [2.05, 4.69) is 38.6 Å². The van der Waals surface area contributed by atoms with Gasteiger partial charge in [0, 0.05) is 34.9 Å². The van der Waals surface area contributed by atoms with Crippen LogP contribution < -0.4 is 10.6 Å². The number of likely N-dealkylation sites (tertiary alicyclic amines) is 1. The molecular weight excluding hydrogens is 426 g/mol. The van der Waals surface area contributed by atoms with Gasteiger partial charge in [-0.3, -0.25) is 9.59 Å². The van der Waals surface area contributed by atoms with Gasteiger partial charge in [0.2, 0.25) is 0 Å². The van der Waals surface area contributed by atoms with Crippen molar-refractivity contribution in [3.05, 3.63) is 53.3 Å².